The molecule has 0 aliphatic rings. The largest absolute Gasteiger partial charge is 0.309 e. The second kappa shape index (κ2) is 8.02. The van der Waals surface area contributed by atoms with E-state index in [0.29, 0.717) is 12.0 Å². The second-order valence-electron chi connectivity index (χ2n) is 5.64. The van der Waals surface area contributed by atoms with Crippen LogP contribution in [0.2, 0.25) is 0 Å². The van der Waals surface area contributed by atoms with Gasteiger partial charge in [-0.15, -0.1) is 0 Å². The first-order valence-electron chi connectivity index (χ1n) is 7.05. The van der Waals surface area contributed by atoms with Crippen LogP contribution in [0.25, 0.3) is 0 Å². The van der Waals surface area contributed by atoms with E-state index in [0.717, 1.165) is 30.5 Å². The molecule has 0 fully saturated rings. The van der Waals surface area contributed by atoms with E-state index in [4.69, 9.17) is 0 Å². The summed E-state index contributed by atoms with van der Waals surface area (Å²) in [6.07, 6.45) is 3.04. The van der Waals surface area contributed by atoms with Gasteiger partial charge in [-0.25, -0.2) is 0 Å². The van der Waals surface area contributed by atoms with E-state index in [2.05, 4.69) is 70.8 Å². The first-order valence-corrected chi connectivity index (χ1v) is 7.84. The summed E-state index contributed by atoms with van der Waals surface area (Å²) < 4.78 is 3.23. The Bertz CT molecular complexity index is 374. The molecule has 1 N–H and O–H groups in total. The molecule has 5 heteroatoms. The lowest BCUT2D eigenvalue weighted by Gasteiger charge is -2.22. The van der Waals surface area contributed by atoms with Crippen LogP contribution in [0.15, 0.2) is 10.7 Å². The van der Waals surface area contributed by atoms with Crippen LogP contribution in [-0.2, 0) is 6.54 Å². The van der Waals surface area contributed by atoms with Crippen molar-refractivity contribution >= 4 is 15.9 Å². The highest BCUT2D eigenvalue weighted by atomic mass is 79.9. The van der Waals surface area contributed by atoms with Crippen LogP contribution in [0.5, 0.6) is 0 Å². The average molecular weight is 331 g/mol. The SMILES string of the molecule is CCNC(CC(C)C)c1c(Br)cnn1CCN(C)C. The van der Waals surface area contributed by atoms with Gasteiger partial charge in [0.2, 0.25) is 0 Å². The Balaban J connectivity index is 2.90. The first-order chi connectivity index (χ1) is 8.95. The molecule has 0 spiro atoms. The fraction of sp³-hybridized carbons (Fsp3) is 0.786. The number of nitrogens with zero attached hydrogens (tertiary/aromatic N) is 3. The van der Waals surface area contributed by atoms with Crippen molar-refractivity contribution in [2.45, 2.75) is 39.8 Å². The lowest BCUT2D eigenvalue weighted by atomic mass is 10.0. The Kier molecular flexibility index (Phi) is 7.04. The van der Waals surface area contributed by atoms with Gasteiger partial charge in [-0.05, 0) is 48.9 Å². The van der Waals surface area contributed by atoms with Crippen molar-refractivity contribution in [2.75, 3.05) is 27.2 Å². The monoisotopic (exact) mass is 330 g/mol. The molecule has 1 aromatic rings. The number of likely N-dealkylation sites (N-methyl/N-ethyl adjacent to an activating group) is 1. The van der Waals surface area contributed by atoms with Crippen LogP contribution >= 0.6 is 15.9 Å². The molecule has 1 aromatic heterocycles. The van der Waals surface area contributed by atoms with Crippen LogP contribution in [0.1, 0.15) is 38.9 Å². The van der Waals surface area contributed by atoms with Gasteiger partial charge in [-0.2, -0.15) is 5.10 Å². The van der Waals surface area contributed by atoms with Gasteiger partial charge in [0.1, 0.15) is 0 Å². The summed E-state index contributed by atoms with van der Waals surface area (Å²) in [5.41, 5.74) is 1.28. The molecule has 1 heterocycles. The van der Waals surface area contributed by atoms with Crippen molar-refractivity contribution in [1.29, 1.82) is 0 Å². The third kappa shape index (κ3) is 5.24. The molecule has 4 nitrogen and oxygen atoms in total. The van der Waals surface area contributed by atoms with Crippen molar-refractivity contribution in [2.24, 2.45) is 5.92 Å². The predicted octanol–water partition coefficient (Wildman–Crippen LogP) is 2.90. The Morgan fingerprint density at radius 1 is 1.42 bits per heavy atom. The van der Waals surface area contributed by atoms with Crippen molar-refractivity contribution in [1.82, 2.24) is 20.0 Å². The molecule has 0 aliphatic carbocycles. The maximum absolute atomic E-state index is 4.50. The second-order valence-corrected chi connectivity index (χ2v) is 6.50. The molecular formula is C14H27BrN4. The number of halogens is 1. The molecule has 1 atom stereocenters. The number of nitrogens with one attached hydrogen (secondary N) is 1. The number of hydrogen-bond acceptors (Lipinski definition) is 3. The quantitative estimate of drug-likeness (QED) is 0.795. The van der Waals surface area contributed by atoms with Gasteiger partial charge in [0.15, 0.2) is 0 Å². The zero-order valence-corrected chi connectivity index (χ0v) is 14.4. The summed E-state index contributed by atoms with van der Waals surface area (Å²) in [5, 5.41) is 8.08. The molecule has 19 heavy (non-hydrogen) atoms. The molecule has 0 saturated carbocycles. The van der Waals surface area contributed by atoms with E-state index in [-0.39, 0.29) is 0 Å². The Labute approximate surface area is 125 Å². The topological polar surface area (TPSA) is 33.1 Å². The third-order valence-electron chi connectivity index (χ3n) is 3.08. The zero-order chi connectivity index (χ0) is 14.4. The van der Waals surface area contributed by atoms with E-state index in [1.807, 2.05) is 6.20 Å². The molecule has 0 aliphatic heterocycles. The van der Waals surface area contributed by atoms with E-state index < -0.39 is 0 Å². The summed E-state index contributed by atoms with van der Waals surface area (Å²) in [7, 11) is 4.18. The maximum Gasteiger partial charge on any atom is 0.0696 e. The van der Waals surface area contributed by atoms with E-state index in [9.17, 15) is 0 Å². The molecule has 0 aromatic carbocycles. The van der Waals surface area contributed by atoms with Gasteiger partial charge in [-0.1, -0.05) is 20.8 Å². The summed E-state index contributed by atoms with van der Waals surface area (Å²) in [6.45, 7) is 9.58. The Morgan fingerprint density at radius 2 is 2.11 bits per heavy atom. The van der Waals surface area contributed by atoms with Crippen LogP contribution in [0.3, 0.4) is 0 Å². The normalized spacial score (nSPS) is 13.5. The molecule has 0 amide bonds. The van der Waals surface area contributed by atoms with Crippen LogP contribution in [-0.4, -0.2) is 41.9 Å². The summed E-state index contributed by atoms with van der Waals surface area (Å²) >= 11 is 3.65. The number of aromatic nitrogens is 2. The summed E-state index contributed by atoms with van der Waals surface area (Å²) in [5.74, 6) is 0.660. The molecule has 0 bridgehead atoms. The average Bonchev–Trinajstić information content (AvgIpc) is 2.66. The molecule has 110 valence electrons. The minimum absolute atomic E-state index is 0.365. The van der Waals surface area contributed by atoms with Gasteiger partial charge in [0, 0.05) is 6.54 Å². The molecule has 0 saturated heterocycles. The Morgan fingerprint density at radius 3 is 2.63 bits per heavy atom. The van der Waals surface area contributed by atoms with Crippen molar-refractivity contribution in [3.8, 4) is 0 Å². The van der Waals surface area contributed by atoms with Crippen molar-refractivity contribution < 1.29 is 0 Å². The van der Waals surface area contributed by atoms with Crippen molar-refractivity contribution in [3.05, 3.63) is 16.4 Å². The fourth-order valence-corrected chi connectivity index (χ4v) is 2.77. The first kappa shape index (κ1) is 16.7. The van der Waals surface area contributed by atoms with E-state index in [1.54, 1.807) is 0 Å². The standard InChI is InChI=1S/C14H27BrN4/c1-6-16-13(9-11(2)3)14-12(15)10-17-19(14)8-7-18(4)5/h10-11,13,16H,6-9H2,1-5H3. The van der Waals surface area contributed by atoms with E-state index >= 15 is 0 Å². The molecule has 1 unspecified atom stereocenters. The fourth-order valence-electron chi connectivity index (χ4n) is 2.20. The lowest BCUT2D eigenvalue weighted by Crippen LogP contribution is -2.27. The van der Waals surface area contributed by atoms with Gasteiger partial charge in [-0.3, -0.25) is 4.68 Å². The Hall–Kier alpha value is -0.390. The highest BCUT2D eigenvalue weighted by Crippen LogP contribution is 2.28. The lowest BCUT2D eigenvalue weighted by molar-refractivity contribution is 0.353. The van der Waals surface area contributed by atoms with Gasteiger partial charge < -0.3 is 10.2 Å². The van der Waals surface area contributed by atoms with Crippen molar-refractivity contribution in [3.63, 3.8) is 0 Å². The van der Waals surface area contributed by atoms with Gasteiger partial charge >= 0.3 is 0 Å². The van der Waals surface area contributed by atoms with Gasteiger partial charge in [0.05, 0.1) is 29.0 Å². The van der Waals surface area contributed by atoms with E-state index in [1.165, 1.54) is 5.69 Å². The minimum Gasteiger partial charge on any atom is -0.309 e. The number of rotatable bonds is 8. The predicted molar refractivity (Wildman–Crippen MR) is 84.4 cm³/mol. The molecule has 0 radical (unpaired) electrons. The van der Waals surface area contributed by atoms with Gasteiger partial charge in [0.25, 0.3) is 0 Å². The van der Waals surface area contributed by atoms with Crippen LogP contribution < -0.4 is 5.32 Å². The molecular weight excluding hydrogens is 304 g/mol. The summed E-state index contributed by atoms with van der Waals surface area (Å²) in [6, 6.07) is 0.365. The number of hydrogen-bond donors (Lipinski definition) is 1. The van der Waals surface area contributed by atoms with Crippen LogP contribution in [0.4, 0.5) is 0 Å². The molecule has 1 rings (SSSR count). The minimum atomic E-state index is 0.365. The maximum atomic E-state index is 4.50. The summed E-state index contributed by atoms with van der Waals surface area (Å²) in [4.78, 5) is 2.18. The highest BCUT2D eigenvalue weighted by molar-refractivity contribution is 9.10. The van der Waals surface area contributed by atoms with Crippen LogP contribution in [0, 0.1) is 5.92 Å². The highest BCUT2D eigenvalue weighted by Gasteiger charge is 2.20. The zero-order valence-electron chi connectivity index (χ0n) is 12.8. The smallest absolute Gasteiger partial charge is 0.0696 e. The third-order valence-corrected chi connectivity index (χ3v) is 3.69.